The fourth-order valence-electron chi connectivity index (χ4n) is 3.91. The third-order valence-electron chi connectivity index (χ3n) is 5.50. The van der Waals surface area contributed by atoms with Gasteiger partial charge in [-0.15, -0.1) is 0 Å². The molecule has 6 nitrogen and oxygen atoms in total. The number of hydrogen-bond donors (Lipinski definition) is 1. The van der Waals surface area contributed by atoms with Crippen LogP contribution < -0.4 is 5.32 Å². The van der Waals surface area contributed by atoms with Crippen molar-refractivity contribution in [3.63, 3.8) is 0 Å². The first-order chi connectivity index (χ1) is 13.7. The second-order valence-electron chi connectivity index (χ2n) is 7.30. The van der Waals surface area contributed by atoms with Gasteiger partial charge in [0.1, 0.15) is 5.54 Å². The molecule has 29 heavy (non-hydrogen) atoms. The fraction of sp³-hybridized carbons (Fsp3) is 0.300. The zero-order valence-corrected chi connectivity index (χ0v) is 16.1. The van der Waals surface area contributed by atoms with Gasteiger partial charge in [0, 0.05) is 6.42 Å². The molecule has 0 aromatic heterocycles. The number of imide groups is 1. The molecule has 9 heteroatoms. The van der Waals surface area contributed by atoms with Gasteiger partial charge in [0.15, 0.2) is 0 Å². The van der Waals surface area contributed by atoms with E-state index in [1.165, 1.54) is 12.1 Å². The predicted molar refractivity (Wildman–Crippen MR) is 99.9 cm³/mol. The van der Waals surface area contributed by atoms with Gasteiger partial charge in [-0.1, -0.05) is 36.4 Å². The molecule has 0 saturated carbocycles. The van der Waals surface area contributed by atoms with Crippen molar-refractivity contribution in [2.24, 2.45) is 0 Å². The molecule has 0 bridgehead atoms. The van der Waals surface area contributed by atoms with E-state index in [2.05, 4.69) is 5.32 Å². The van der Waals surface area contributed by atoms with Gasteiger partial charge in [-0.2, -0.15) is 8.78 Å². The van der Waals surface area contributed by atoms with Crippen molar-refractivity contribution in [1.82, 2.24) is 10.2 Å². The standard InChI is InChI=1S/C20H18F2N2O4S/c21-18(22)29(27,28)16-7-5-13(6-8-16)12-24-17(25)20(23-19(24)26)10-9-14-3-1-2-4-15(14)11-20/h1-8,18H,9-12H2,(H,23,26). The van der Waals surface area contributed by atoms with E-state index in [9.17, 15) is 26.8 Å². The normalized spacial score (nSPS) is 21.6. The Labute approximate surface area is 166 Å². The summed E-state index contributed by atoms with van der Waals surface area (Å²) in [6.07, 6.45) is 1.59. The van der Waals surface area contributed by atoms with E-state index in [1.54, 1.807) is 0 Å². The van der Waals surface area contributed by atoms with Gasteiger partial charge in [-0.05, 0) is 41.7 Å². The number of benzene rings is 2. The first-order valence-electron chi connectivity index (χ1n) is 9.05. The smallest absolute Gasteiger partial charge is 0.323 e. The highest BCUT2D eigenvalue weighted by molar-refractivity contribution is 7.91. The van der Waals surface area contributed by atoms with Crippen LogP contribution in [0.4, 0.5) is 13.6 Å². The van der Waals surface area contributed by atoms with Crippen molar-refractivity contribution < 1.29 is 26.8 Å². The number of aryl methyl sites for hydroxylation is 1. The first-order valence-corrected chi connectivity index (χ1v) is 10.6. The third-order valence-corrected chi connectivity index (χ3v) is 6.90. The molecule has 1 fully saturated rings. The predicted octanol–water partition coefficient (Wildman–Crippen LogP) is 2.66. The summed E-state index contributed by atoms with van der Waals surface area (Å²) in [6.45, 7) is -0.0664. The largest absolute Gasteiger partial charge is 0.341 e. The molecule has 1 saturated heterocycles. The lowest BCUT2D eigenvalue weighted by Gasteiger charge is -2.32. The Hall–Kier alpha value is -2.81. The average Bonchev–Trinajstić information content (AvgIpc) is 2.92. The number of urea groups is 1. The number of halogens is 2. The third kappa shape index (κ3) is 3.29. The molecule has 0 radical (unpaired) electrons. The van der Waals surface area contributed by atoms with Crippen molar-refractivity contribution >= 4 is 21.8 Å². The molecule has 3 amide bonds. The minimum absolute atomic E-state index is 0.0664. The number of alkyl halides is 2. The average molecular weight is 420 g/mol. The summed E-state index contributed by atoms with van der Waals surface area (Å²) in [4.78, 5) is 26.1. The number of nitrogens with one attached hydrogen (secondary N) is 1. The van der Waals surface area contributed by atoms with E-state index in [-0.39, 0.29) is 12.5 Å². The molecular formula is C20H18F2N2O4S. The molecule has 2 aliphatic rings. The van der Waals surface area contributed by atoms with Crippen molar-refractivity contribution in [2.75, 3.05) is 0 Å². The Morgan fingerprint density at radius 1 is 1.03 bits per heavy atom. The fourth-order valence-corrected chi connectivity index (χ4v) is 4.64. The van der Waals surface area contributed by atoms with Crippen molar-refractivity contribution in [1.29, 1.82) is 0 Å². The lowest BCUT2D eigenvalue weighted by molar-refractivity contribution is -0.132. The van der Waals surface area contributed by atoms with Gasteiger partial charge < -0.3 is 5.32 Å². The van der Waals surface area contributed by atoms with Crippen LogP contribution in [0.3, 0.4) is 0 Å². The highest BCUT2D eigenvalue weighted by Gasteiger charge is 2.52. The van der Waals surface area contributed by atoms with E-state index >= 15 is 0 Å². The van der Waals surface area contributed by atoms with Crippen molar-refractivity contribution in [3.8, 4) is 0 Å². The molecule has 1 spiro atoms. The van der Waals surface area contributed by atoms with Crippen LogP contribution in [-0.2, 0) is 34.0 Å². The number of hydrogen-bond acceptors (Lipinski definition) is 4. The molecule has 2 aromatic carbocycles. The maximum absolute atomic E-state index is 13.1. The second kappa shape index (κ2) is 6.91. The highest BCUT2D eigenvalue weighted by atomic mass is 32.2. The van der Waals surface area contributed by atoms with Crippen molar-refractivity contribution in [2.45, 2.75) is 42.0 Å². The molecule has 2 aromatic rings. The zero-order chi connectivity index (χ0) is 20.8. The van der Waals surface area contributed by atoms with Gasteiger partial charge in [0.05, 0.1) is 11.4 Å². The monoisotopic (exact) mass is 420 g/mol. The molecule has 1 aliphatic carbocycles. The Kier molecular flexibility index (Phi) is 4.65. The number of carbonyl (C=O) groups is 2. The number of amides is 3. The number of rotatable bonds is 4. The summed E-state index contributed by atoms with van der Waals surface area (Å²) >= 11 is 0. The number of fused-ring (bicyclic) bond motifs is 1. The summed E-state index contributed by atoms with van der Waals surface area (Å²) in [7, 11) is -4.69. The van der Waals surface area contributed by atoms with Crippen LogP contribution in [-0.4, -0.2) is 36.6 Å². The van der Waals surface area contributed by atoms with Gasteiger partial charge in [0.2, 0.25) is 9.84 Å². The van der Waals surface area contributed by atoms with Crippen LogP contribution in [0, 0.1) is 0 Å². The maximum atomic E-state index is 13.1. The number of carbonyl (C=O) groups excluding carboxylic acids is 2. The van der Waals surface area contributed by atoms with Crippen molar-refractivity contribution in [3.05, 3.63) is 65.2 Å². The van der Waals surface area contributed by atoms with E-state index in [1.807, 2.05) is 24.3 Å². The van der Waals surface area contributed by atoms with Crippen LogP contribution in [0.1, 0.15) is 23.1 Å². The molecule has 4 rings (SSSR count). The van der Waals surface area contributed by atoms with Crippen LogP contribution in [0.2, 0.25) is 0 Å². The Balaban J connectivity index is 1.54. The Morgan fingerprint density at radius 2 is 1.69 bits per heavy atom. The number of nitrogens with zero attached hydrogens (tertiary/aromatic N) is 1. The van der Waals surface area contributed by atoms with E-state index in [0.29, 0.717) is 24.8 Å². The quantitative estimate of drug-likeness (QED) is 0.771. The van der Waals surface area contributed by atoms with Crippen LogP contribution in [0.15, 0.2) is 53.4 Å². The molecule has 152 valence electrons. The van der Waals surface area contributed by atoms with Gasteiger partial charge in [-0.3, -0.25) is 9.69 Å². The highest BCUT2D eigenvalue weighted by Crippen LogP contribution is 2.34. The zero-order valence-electron chi connectivity index (χ0n) is 15.3. The van der Waals surface area contributed by atoms with E-state index < -0.39 is 32.1 Å². The lowest BCUT2D eigenvalue weighted by atomic mass is 9.78. The molecule has 1 atom stereocenters. The van der Waals surface area contributed by atoms with Gasteiger partial charge >= 0.3 is 11.8 Å². The molecule has 1 aliphatic heterocycles. The summed E-state index contributed by atoms with van der Waals surface area (Å²) in [5, 5.41) is 2.82. The Bertz CT molecular complexity index is 1090. The summed E-state index contributed by atoms with van der Waals surface area (Å²) < 4.78 is 48.3. The van der Waals surface area contributed by atoms with Crippen LogP contribution >= 0.6 is 0 Å². The van der Waals surface area contributed by atoms with E-state index in [0.717, 1.165) is 28.2 Å². The summed E-state index contributed by atoms with van der Waals surface area (Å²) in [5.41, 5.74) is 1.67. The molecule has 1 unspecified atom stereocenters. The molecule has 1 N–H and O–H groups in total. The Morgan fingerprint density at radius 3 is 2.34 bits per heavy atom. The minimum atomic E-state index is -4.69. The first kappa shape index (κ1) is 19.5. The van der Waals surface area contributed by atoms with E-state index in [4.69, 9.17) is 0 Å². The summed E-state index contributed by atoms with van der Waals surface area (Å²) in [5.74, 6) is -3.84. The number of sulfone groups is 1. The van der Waals surface area contributed by atoms with Crippen LogP contribution in [0.5, 0.6) is 0 Å². The maximum Gasteiger partial charge on any atom is 0.341 e. The topological polar surface area (TPSA) is 83.6 Å². The molecule has 1 heterocycles. The SMILES string of the molecule is O=C1NC2(CCc3ccccc3C2)C(=O)N1Cc1ccc(S(=O)(=O)C(F)F)cc1. The lowest BCUT2D eigenvalue weighted by Crippen LogP contribution is -2.51. The molecular weight excluding hydrogens is 402 g/mol. The minimum Gasteiger partial charge on any atom is -0.323 e. The van der Waals surface area contributed by atoms with Crippen LogP contribution in [0.25, 0.3) is 0 Å². The summed E-state index contributed by atoms with van der Waals surface area (Å²) in [6, 6.07) is 12.1. The van der Waals surface area contributed by atoms with Gasteiger partial charge in [0.25, 0.3) is 5.91 Å². The van der Waals surface area contributed by atoms with Gasteiger partial charge in [-0.25, -0.2) is 13.2 Å². The second-order valence-corrected chi connectivity index (χ2v) is 9.22.